The first-order chi connectivity index (χ1) is 7.09. The third-order valence-corrected chi connectivity index (χ3v) is 3.02. The van der Waals surface area contributed by atoms with Gasteiger partial charge in [0.25, 0.3) is 5.69 Å². The van der Waals surface area contributed by atoms with E-state index < -0.39 is 4.92 Å². The van der Waals surface area contributed by atoms with E-state index in [1.807, 2.05) is 0 Å². The molecule has 1 fully saturated rings. The lowest BCUT2D eigenvalue weighted by atomic mass is 10.0. The Bertz CT molecular complexity index is 408. The maximum absolute atomic E-state index is 10.6. The first-order valence-electron chi connectivity index (χ1n) is 4.79. The largest absolute Gasteiger partial charge is 0.324 e. The number of rotatable bonds is 3. The van der Waals surface area contributed by atoms with Crippen LogP contribution >= 0.6 is 24.0 Å². The van der Waals surface area contributed by atoms with Gasteiger partial charge >= 0.3 is 0 Å². The van der Waals surface area contributed by atoms with Crippen LogP contribution in [0.4, 0.5) is 5.69 Å². The zero-order chi connectivity index (χ0) is 11.0. The number of halogens is 2. The van der Waals surface area contributed by atoms with Crippen molar-refractivity contribution in [2.24, 2.45) is 11.7 Å². The van der Waals surface area contributed by atoms with E-state index in [0.717, 1.165) is 12.8 Å². The molecule has 2 N–H and O–H groups in total. The summed E-state index contributed by atoms with van der Waals surface area (Å²) in [6, 6.07) is 4.24. The van der Waals surface area contributed by atoms with Gasteiger partial charge in [0, 0.05) is 23.2 Å². The maximum Gasteiger partial charge on any atom is 0.269 e. The summed E-state index contributed by atoms with van der Waals surface area (Å²) in [7, 11) is 0. The first kappa shape index (κ1) is 13.2. The quantitative estimate of drug-likeness (QED) is 0.673. The third kappa shape index (κ3) is 2.64. The van der Waals surface area contributed by atoms with Crippen LogP contribution in [0.15, 0.2) is 18.2 Å². The summed E-state index contributed by atoms with van der Waals surface area (Å²) in [6.07, 6.45) is 2.17. The van der Waals surface area contributed by atoms with Crippen LogP contribution in [-0.2, 0) is 0 Å². The van der Waals surface area contributed by atoms with E-state index in [-0.39, 0.29) is 24.1 Å². The predicted octanol–water partition coefficient (Wildman–Crippen LogP) is 3.08. The summed E-state index contributed by atoms with van der Waals surface area (Å²) in [5.41, 5.74) is 6.70. The normalized spacial score (nSPS) is 16.4. The molecule has 0 saturated heterocycles. The lowest BCUT2D eigenvalue weighted by Crippen LogP contribution is -2.13. The summed E-state index contributed by atoms with van der Waals surface area (Å²) >= 11 is 5.97. The second-order valence-corrected chi connectivity index (χ2v) is 4.23. The van der Waals surface area contributed by atoms with Crippen LogP contribution in [-0.4, -0.2) is 4.92 Å². The predicted molar refractivity (Wildman–Crippen MR) is 65.0 cm³/mol. The molecular weight excluding hydrogens is 251 g/mol. The highest BCUT2D eigenvalue weighted by Crippen LogP contribution is 2.42. The molecule has 0 unspecified atom stereocenters. The number of nitrogens with zero attached hydrogens (tertiary/aromatic N) is 1. The molecule has 0 radical (unpaired) electrons. The van der Waals surface area contributed by atoms with Crippen LogP contribution in [0.25, 0.3) is 0 Å². The second-order valence-electron chi connectivity index (χ2n) is 3.83. The van der Waals surface area contributed by atoms with Gasteiger partial charge in [-0.15, -0.1) is 12.4 Å². The van der Waals surface area contributed by atoms with E-state index in [0.29, 0.717) is 16.5 Å². The second kappa shape index (κ2) is 4.99. The van der Waals surface area contributed by atoms with Crippen molar-refractivity contribution in [1.29, 1.82) is 0 Å². The average Bonchev–Trinajstić information content (AvgIpc) is 3.00. The fourth-order valence-electron chi connectivity index (χ4n) is 1.61. The minimum atomic E-state index is -0.431. The van der Waals surface area contributed by atoms with Crippen LogP contribution in [0.1, 0.15) is 24.4 Å². The first-order valence-corrected chi connectivity index (χ1v) is 5.17. The topological polar surface area (TPSA) is 69.2 Å². The van der Waals surface area contributed by atoms with E-state index in [1.54, 1.807) is 0 Å². The molecule has 4 nitrogen and oxygen atoms in total. The Labute approximate surface area is 104 Å². The molecule has 0 heterocycles. The zero-order valence-corrected chi connectivity index (χ0v) is 10.0. The van der Waals surface area contributed by atoms with Gasteiger partial charge in [-0.25, -0.2) is 0 Å². The summed E-state index contributed by atoms with van der Waals surface area (Å²) in [5.74, 6) is 0.435. The van der Waals surface area contributed by atoms with Gasteiger partial charge < -0.3 is 5.73 Å². The maximum atomic E-state index is 10.6. The third-order valence-electron chi connectivity index (χ3n) is 2.68. The van der Waals surface area contributed by atoms with Crippen LogP contribution < -0.4 is 5.73 Å². The van der Waals surface area contributed by atoms with E-state index in [4.69, 9.17) is 17.3 Å². The van der Waals surface area contributed by atoms with Crippen LogP contribution in [0.2, 0.25) is 5.02 Å². The molecule has 2 rings (SSSR count). The Kier molecular flexibility index (Phi) is 4.13. The van der Waals surface area contributed by atoms with Gasteiger partial charge in [0.15, 0.2) is 0 Å². The standard InChI is InChI=1S/C10H11ClN2O2.ClH/c11-9-4-3-7(13(14)15)5-8(9)10(12)6-1-2-6;/h3-6,10H,1-2,12H2;1H/t10-;/m1./s1. The highest BCUT2D eigenvalue weighted by Gasteiger charge is 2.31. The Morgan fingerprint density at radius 2 is 2.12 bits per heavy atom. The minimum Gasteiger partial charge on any atom is -0.324 e. The lowest BCUT2D eigenvalue weighted by molar-refractivity contribution is -0.384. The highest BCUT2D eigenvalue weighted by atomic mass is 35.5. The Morgan fingerprint density at radius 1 is 1.50 bits per heavy atom. The van der Waals surface area contributed by atoms with E-state index in [9.17, 15) is 10.1 Å². The lowest BCUT2D eigenvalue weighted by Gasteiger charge is -2.11. The summed E-state index contributed by atoms with van der Waals surface area (Å²) in [4.78, 5) is 10.2. The summed E-state index contributed by atoms with van der Waals surface area (Å²) < 4.78 is 0. The van der Waals surface area contributed by atoms with Crippen molar-refractivity contribution in [2.75, 3.05) is 0 Å². The number of nitro groups is 1. The monoisotopic (exact) mass is 262 g/mol. The number of hydrogen-bond acceptors (Lipinski definition) is 3. The van der Waals surface area contributed by atoms with Crippen molar-refractivity contribution in [3.8, 4) is 0 Å². The Morgan fingerprint density at radius 3 is 2.62 bits per heavy atom. The molecule has 1 aliphatic carbocycles. The molecule has 16 heavy (non-hydrogen) atoms. The van der Waals surface area contributed by atoms with Crippen molar-refractivity contribution >= 4 is 29.7 Å². The Balaban J connectivity index is 0.00000128. The van der Waals surface area contributed by atoms with Gasteiger partial charge in [0.05, 0.1) is 4.92 Å². The van der Waals surface area contributed by atoms with Crippen molar-refractivity contribution in [3.63, 3.8) is 0 Å². The molecule has 6 heteroatoms. The smallest absolute Gasteiger partial charge is 0.269 e. The fraction of sp³-hybridized carbons (Fsp3) is 0.400. The van der Waals surface area contributed by atoms with Gasteiger partial charge in [-0.05, 0) is 30.4 Å². The van der Waals surface area contributed by atoms with Gasteiger partial charge in [0.2, 0.25) is 0 Å². The fourth-order valence-corrected chi connectivity index (χ4v) is 1.85. The van der Waals surface area contributed by atoms with E-state index in [1.165, 1.54) is 18.2 Å². The molecule has 0 bridgehead atoms. The number of nitrogens with two attached hydrogens (primary N) is 1. The highest BCUT2D eigenvalue weighted by molar-refractivity contribution is 6.31. The van der Waals surface area contributed by atoms with E-state index in [2.05, 4.69) is 0 Å². The van der Waals surface area contributed by atoms with Crippen molar-refractivity contribution in [1.82, 2.24) is 0 Å². The molecular formula is C10H12Cl2N2O2. The molecule has 0 aliphatic heterocycles. The SMILES string of the molecule is Cl.N[C@@H](c1cc([N+](=O)[O-])ccc1Cl)C1CC1. The number of non-ortho nitro benzene ring substituents is 1. The van der Waals surface area contributed by atoms with Crippen molar-refractivity contribution in [2.45, 2.75) is 18.9 Å². The van der Waals surface area contributed by atoms with Crippen molar-refractivity contribution in [3.05, 3.63) is 38.9 Å². The average molecular weight is 263 g/mol. The van der Waals surface area contributed by atoms with Crippen LogP contribution in [0.5, 0.6) is 0 Å². The number of nitro benzene ring substituents is 1. The van der Waals surface area contributed by atoms with Gasteiger partial charge in [-0.1, -0.05) is 11.6 Å². The van der Waals surface area contributed by atoms with E-state index >= 15 is 0 Å². The molecule has 0 aromatic heterocycles. The van der Waals surface area contributed by atoms with Crippen molar-refractivity contribution < 1.29 is 4.92 Å². The Hall–Kier alpha value is -0.840. The molecule has 88 valence electrons. The summed E-state index contributed by atoms with van der Waals surface area (Å²) in [5, 5.41) is 11.1. The molecule has 1 saturated carbocycles. The summed E-state index contributed by atoms with van der Waals surface area (Å²) in [6.45, 7) is 0. The number of benzene rings is 1. The molecule has 0 amide bonds. The van der Waals surface area contributed by atoms with Crippen LogP contribution in [0, 0.1) is 16.0 Å². The minimum absolute atomic E-state index is 0. The zero-order valence-electron chi connectivity index (χ0n) is 8.43. The molecule has 1 atom stereocenters. The van der Waals surface area contributed by atoms with Gasteiger partial charge in [0.1, 0.15) is 0 Å². The van der Waals surface area contributed by atoms with Crippen LogP contribution in [0.3, 0.4) is 0 Å². The van der Waals surface area contributed by atoms with Gasteiger partial charge in [-0.2, -0.15) is 0 Å². The molecule has 1 aromatic rings. The van der Waals surface area contributed by atoms with Gasteiger partial charge in [-0.3, -0.25) is 10.1 Å². The number of hydrogen-bond donors (Lipinski definition) is 1. The molecule has 1 aromatic carbocycles. The molecule has 1 aliphatic rings. The molecule has 0 spiro atoms.